The average Bonchev–Trinajstić information content (AvgIpc) is 2.30. The Morgan fingerprint density at radius 3 is 2.06 bits per heavy atom. The quantitative estimate of drug-likeness (QED) is 0.701. The number of benzene rings is 2. The van der Waals surface area contributed by atoms with Crippen LogP contribution in [0.25, 0.3) is 0 Å². The van der Waals surface area contributed by atoms with E-state index in [0.717, 1.165) is 11.3 Å². The van der Waals surface area contributed by atoms with E-state index in [9.17, 15) is 5.11 Å². The summed E-state index contributed by atoms with van der Waals surface area (Å²) in [6, 6.07) is 19.1. The van der Waals surface area contributed by atoms with E-state index in [0.29, 0.717) is 6.42 Å². The zero-order valence-electron chi connectivity index (χ0n) is 9.51. The molecule has 0 saturated heterocycles. The minimum Gasteiger partial charge on any atom is -0.358 e. The molecule has 2 rings (SSSR count). The molecular formula is C14H16N2O. The van der Waals surface area contributed by atoms with Crippen molar-refractivity contribution in [2.24, 2.45) is 5.73 Å². The van der Waals surface area contributed by atoms with Gasteiger partial charge in [0, 0.05) is 12.1 Å². The van der Waals surface area contributed by atoms with Crippen molar-refractivity contribution in [1.82, 2.24) is 0 Å². The van der Waals surface area contributed by atoms with Gasteiger partial charge < -0.3 is 10.4 Å². The molecule has 1 unspecified atom stereocenters. The van der Waals surface area contributed by atoms with E-state index < -0.39 is 5.85 Å². The lowest BCUT2D eigenvalue weighted by Crippen LogP contribution is -2.49. The van der Waals surface area contributed by atoms with Crippen molar-refractivity contribution in [3.8, 4) is 0 Å². The van der Waals surface area contributed by atoms with Gasteiger partial charge in [0.25, 0.3) is 0 Å². The van der Waals surface area contributed by atoms with E-state index >= 15 is 0 Å². The number of hydrogen-bond donors (Lipinski definition) is 3. The fraction of sp³-hybridized carbons (Fsp3) is 0.143. The zero-order valence-corrected chi connectivity index (χ0v) is 9.51. The summed E-state index contributed by atoms with van der Waals surface area (Å²) in [6.07, 6.45) is 0.350. The third-order valence-electron chi connectivity index (χ3n) is 2.45. The average molecular weight is 228 g/mol. The summed E-state index contributed by atoms with van der Waals surface area (Å²) in [6.45, 7) is 0. The molecule has 0 aliphatic heterocycles. The van der Waals surface area contributed by atoms with Crippen molar-refractivity contribution < 1.29 is 5.11 Å². The van der Waals surface area contributed by atoms with E-state index in [-0.39, 0.29) is 0 Å². The molecule has 1 atom stereocenters. The lowest BCUT2D eigenvalue weighted by atomic mass is 10.1. The Bertz CT molecular complexity index is 411. The fourth-order valence-electron chi connectivity index (χ4n) is 1.72. The standard InChI is InChI=1S/C14H16N2O/c15-14(17,11-12-7-3-1-4-8-12)16-13-9-5-2-6-10-13/h1-10,16-17H,11,15H2. The number of nitrogens with two attached hydrogens (primary N) is 1. The second-order valence-corrected chi connectivity index (χ2v) is 4.08. The Morgan fingerprint density at radius 1 is 0.941 bits per heavy atom. The number of para-hydroxylation sites is 1. The first-order valence-corrected chi connectivity index (χ1v) is 5.54. The summed E-state index contributed by atoms with van der Waals surface area (Å²) in [7, 11) is 0. The monoisotopic (exact) mass is 228 g/mol. The smallest absolute Gasteiger partial charge is 0.194 e. The van der Waals surface area contributed by atoms with Crippen LogP contribution in [0.15, 0.2) is 60.7 Å². The first-order valence-electron chi connectivity index (χ1n) is 5.54. The van der Waals surface area contributed by atoms with Crippen LogP contribution in [-0.4, -0.2) is 11.0 Å². The van der Waals surface area contributed by atoms with Gasteiger partial charge in [0.1, 0.15) is 0 Å². The molecule has 0 spiro atoms. The Morgan fingerprint density at radius 2 is 1.47 bits per heavy atom. The molecule has 2 aromatic carbocycles. The van der Waals surface area contributed by atoms with E-state index in [2.05, 4.69) is 5.32 Å². The van der Waals surface area contributed by atoms with Gasteiger partial charge in [-0.25, -0.2) is 0 Å². The van der Waals surface area contributed by atoms with Crippen molar-refractivity contribution in [2.45, 2.75) is 12.3 Å². The maximum Gasteiger partial charge on any atom is 0.194 e. The van der Waals surface area contributed by atoms with Gasteiger partial charge in [0.15, 0.2) is 5.85 Å². The van der Waals surface area contributed by atoms with E-state index in [1.165, 1.54) is 0 Å². The summed E-state index contributed by atoms with van der Waals surface area (Å²) >= 11 is 0. The van der Waals surface area contributed by atoms with Crippen LogP contribution in [0.2, 0.25) is 0 Å². The number of nitrogens with one attached hydrogen (secondary N) is 1. The highest BCUT2D eigenvalue weighted by atomic mass is 16.3. The molecular weight excluding hydrogens is 212 g/mol. The van der Waals surface area contributed by atoms with Crippen LogP contribution < -0.4 is 11.1 Å². The lowest BCUT2D eigenvalue weighted by Gasteiger charge is -2.25. The van der Waals surface area contributed by atoms with Gasteiger partial charge in [0.2, 0.25) is 0 Å². The van der Waals surface area contributed by atoms with Gasteiger partial charge in [0.05, 0.1) is 0 Å². The van der Waals surface area contributed by atoms with E-state index in [1.807, 2.05) is 60.7 Å². The maximum atomic E-state index is 10.1. The summed E-state index contributed by atoms with van der Waals surface area (Å²) < 4.78 is 0. The molecule has 3 heteroatoms. The summed E-state index contributed by atoms with van der Waals surface area (Å²) in [5.74, 6) is -1.44. The molecule has 0 heterocycles. The Kier molecular flexibility index (Phi) is 3.42. The van der Waals surface area contributed by atoms with Crippen LogP contribution in [0.3, 0.4) is 0 Å². The van der Waals surface area contributed by atoms with Gasteiger partial charge in [-0.1, -0.05) is 48.5 Å². The predicted octanol–water partition coefficient (Wildman–Crippen LogP) is 1.95. The fourth-order valence-corrected chi connectivity index (χ4v) is 1.72. The molecule has 0 saturated carbocycles. The SMILES string of the molecule is NC(O)(Cc1ccccc1)Nc1ccccc1. The molecule has 0 aliphatic rings. The number of aliphatic hydroxyl groups is 1. The third kappa shape index (κ3) is 3.59. The Labute approximate surface area is 101 Å². The normalized spacial score (nSPS) is 14.0. The first kappa shape index (κ1) is 11.6. The number of hydrogen-bond acceptors (Lipinski definition) is 3. The maximum absolute atomic E-state index is 10.1. The highest BCUT2D eigenvalue weighted by molar-refractivity contribution is 5.44. The van der Waals surface area contributed by atoms with Crippen LogP contribution >= 0.6 is 0 Å². The number of anilines is 1. The number of rotatable bonds is 4. The Hall–Kier alpha value is -1.84. The highest BCUT2D eigenvalue weighted by Crippen LogP contribution is 2.13. The van der Waals surface area contributed by atoms with Crippen molar-refractivity contribution in [1.29, 1.82) is 0 Å². The third-order valence-corrected chi connectivity index (χ3v) is 2.45. The minimum atomic E-state index is -1.44. The molecule has 4 N–H and O–H groups in total. The topological polar surface area (TPSA) is 58.3 Å². The molecule has 0 aromatic heterocycles. The van der Waals surface area contributed by atoms with Gasteiger partial charge in [-0.3, -0.25) is 5.73 Å². The summed E-state index contributed by atoms with van der Waals surface area (Å²) in [5.41, 5.74) is 7.61. The molecule has 0 aliphatic carbocycles. The van der Waals surface area contributed by atoms with Crippen LogP contribution in [0.4, 0.5) is 5.69 Å². The van der Waals surface area contributed by atoms with E-state index in [1.54, 1.807) is 0 Å². The second-order valence-electron chi connectivity index (χ2n) is 4.08. The molecule has 0 bridgehead atoms. The first-order chi connectivity index (χ1) is 8.16. The molecule has 0 fully saturated rings. The van der Waals surface area contributed by atoms with Crippen LogP contribution in [0.5, 0.6) is 0 Å². The van der Waals surface area contributed by atoms with Gasteiger partial charge >= 0.3 is 0 Å². The zero-order chi connectivity index (χ0) is 12.1. The largest absolute Gasteiger partial charge is 0.358 e. The highest BCUT2D eigenvalue weighted by Gasteiger charge is 2.20. The Balaban J connectivity index is 2.04. The van der Waals surface area contributed by atoms with Crippen LogP contribution in [0.1, 0.15) is 5.56 Å². The molecule has 3 nitrogen and oxygen atoms in total. The molecule has 0 radical (unpaired) electrons. The molecule has 88 valence electrons. The van der Waals surface area contributed by atoms with E-state index in [4.69, 9.17) is 5.73 Å². The molecule has 0 amide bonds. The minimum absolute atomic E-state index is 0.350. The van der Waals surface area contributed by atoms with Crippen molar-refractivity contribution >= 4 is 5.69 Å². The van der Waals surface area contributed by atoms with Crippen LogP contribution in [0, 0.1) is 0 Å². The lowest BCUT2D eigenvalue weighted by molar-refractivity contribution is 0.0775. The van der Waals surface area contributed by atoms with Gasteiger partial charge in [-0.2, -0.15) is 0 Å². The molecule has 2 aromatic rings. The summed E-state index contributed by atoms with van der Waals surface area (Å²) in [4.78, 5) is 0. The molecule has 17 heavy (non-hydrogen) atoms. The van der Waals surface area contributed by atoms with Crippen molar-refractivity contribution in [3.63, 3.8) is 0 Å². The van der Waals surface area contributed by atoms with Gasteiger partial charge in [-0.05, 0) is 17.7 Å². The van der Waals surface area contributed by atoms with Gasteiger partial charge in [-0.15, -0.1) is 0 Å². The van der Waals surface area contributed by atoms with Crippen LogP contribution in [-0.2, 0) is 6.42 Å². The van der Waals surface area contributed by atoms with Crippen molar-refractivity contribution in [3.05, 3.63) is 66.2 Å². The second kappa shape index (κ2) is 4.99. The van der Waals surface area contributed by atoms with Crippen molar-refractivity contribution in [2.75, 3.05) is 5.32 Å². The summed E-state index contributed by atoms with van der Waals surface area (Å²) in [5, 5.41) is 13.0. The predicted molar refractivity (Wildman–Crippen MR) is 69.3 cm³/mol.